The van der Waals surface area contributed by atoms with Gasteiger partial charge < -0.3 is 10.1 Å². The van der Waals surface area contributed by atoms with Gasteiger partial charge in [-0.1, -0.05) is 28.1 Å². The van der Waals surface area contributed by atoms with E-state index in [0.717, 1.165) is 33.9 Å². The number of halogens is 1. The van der Waals surface area contributed by atoms with E-state index >= 15 is 0 Å². The number of aromatic nitrogens is 1. The maximum absolute atomic E-state index is 5.47. The molecule has 2 aromatic rings. The molecular weight excluding hydrogens is 312 g/mol. The summed E-state index contributed by atoms with van der Waals surface area (Å²) in [5.41, 5.74) is 2.23. The molecule has 94 valence electrons. The minimum atomic E-state index is 0.232. The Kier molecular flexibility index (Phi) is 3.75. The van der Waals surface area contributed by atoms with Crippen LogP contribution in [0.4, 0.5) is 0 Å². The fraction of sp³-hybridized carbons (Fsp3) is 0.308. The highest BCUT2D eigenvalue weighted by Gasteiger charge is 2.18. The maximum atomic E-state index is 5.47. The first kappa shape index (κ1) is 12.3. The molecule has 1 aromatic heterocycles. The number of ether oxygens (including phenoxy) is 1. The SMILES string of the molecule is Brc1cccc(-c2nc(C3COCCN3)cs2)c1. The Morgan fingerprint density at radius 1 is 1.44 bits per heavy atom. The second kappa shape index (κ2) is 5.48. The summed E-state index contributed by atoms with van der Waals surface area (Å²) >= 11 is 5.16. The Morgan fingerprint density at radius 3 is 3.17 bits per heavy atom. The monoisotopic (exact) mass is 324 g/mol. The number of thiazole rings is 1. The van der Waals surface area contributed by atoms with Crippen molar-refractivity contribution in [3.63, 3.8) is 0 Å². The summed E-state index contributed by atoms with van der Waals surface area (Å²) in [5.74, 6) is 0. The van der Waals surface area contributed by atoms with Crippen molar-refractivity contribution in [2.75, 3.05) is 19.8 Å². The first-order valence-electron chi connectivity index (χ1n) is 5.85. The number of benzene rings is 1. The Morgan fingerprint density at radius 2 is 2.39 bits per heavy atom. The normalized spacial score (nSPS) is 19.9. The van der Waals surface area contributed by atoms with Crippen molar-refractivity contribution in [1.29, 1.82) is 0 Å². The average Bonchev–Trinajstić information content (AvgIpc) is 2.89. The molecular formula is C13H13BrN2OS. The highest BCUT2D eigenvalue weighted by atomic mass is 79.9. The highest BCUT2D eigenvalue weighted by molar-refractivity contribution is 9.10. The van der Waals surface area contributed by atoms with Crippen molar-refractivity contribution in [3.8, 4) is 10.6 Å². The van der Waals surface area contributed by atoms with Crippen molar-refractivity contribution in [2.24, 2.45) is 0 Å². The van der Waals surface area contributed by atoms with Crippen LogP contribution < -0.4 is 5.32 Å². The van der Waals surface area contributed by atoms with E-state index < -0.39 is 0 Å². The van der Waals surface area contributed by atoms with Crippen LogP contribution in [0.2, 0.25) is 0 Å². The van der Waals surface area contributed by atoms with Crippen LogP contribution in [0, 0.1) is 0 Å². The Labute approximate surface area is 118 Å². The van der Waals surface area contributed by atoms with Gasteiger partial charge in [-0.25, -0.2) is 4.98 Å². The fourth-order valence-corrected chi connectivity index (χ4v) is 3.23. The number of hydrogen-bond acceptors (Lipinski definition) is 4. The van der Waals surface area contributed by atoms with Crippen molar-refractivity contribution in [1.82, 2.24) is 10.3 Å². The number of nitrogens with zero attached hydrogens (tertiary/aromatic N) is 1. The van der Waals surface area contributed by atoms with Crippen LogP contribution in [0.5, 0.6) is 0 Å². The highest BCUT2D eigenvalue weighted by Crippen LogP contribution is 2.28. The molecule has 5 heteroatoms. The van der Waals surface area contributed by atoms with Gasteiger partial charge in [0.1, 0.15) is 5.01 Å². The first-order valence-corrected chi connectivity index (χ1v) is 7.53. The van der Waals surface area contributed by atoms with Crippen molar-refractivity contribution >= 4 is 27.3 Å². The van der Waals surface area contributed by atoms with E-state index in [1.807, 2.05) is 12.1 Å². The molecule has 0 saturated carbocycles. The van der Waals surface area contributed by atoms with Gasteiger partial charge in [0.05, 0.1) is 24.9 Å². The lowest BCUT2D eigenvalue weighted by molar-refractivity contribution is 0.0758. The predicted molar refractivity (Wildman–Crippen MR) is 76.8 cm³/mol. The third-order valence-corrected chi connectivity index (χ3v) is 4.28. The van der Waals surface area contributed by atoms with Gasteiger partial charge in [0.2, 0.25) is 0 Å². The number of hydrogen-bond donors (Lipinski definition) is 1. The Bertz CT molecular complexity index is 537. The van der Waals surface area contributed by atoms with E-state index in [2.05, 4.69) is 38.8 Å². The van der Waals surface area contributed by atoms with E-state index in [9.17, 15) is 0 Å². The summed E-state index contributed by atoms with van der Waals surface area (Å²) in [6, 6.07) is 8.46. The molecule has 1 aliphatic heterocycles. The van der Waals surface area contributed by atoms with E-state index in [4.69, 9.17) is 9.72 Å². The van der Waals surface area contributed by atoms with Gasteiger partial charge in [0.25, 0.3) is 0 Å². The van der Waals surface area contributed by atoms with Gasteiger partial charge in [0.15, 0.2) is 0 Å². The second-order valence-electron chi connectivity index (χ2n) is 4.17. The molecule has 1 aliphatic rings. The molecule has 0 radical (unpaired) electrons. The van der Waals surface area contributed by atoms with Gasteiger partial charge in [-0.05, 0) is 12.1 Å². The summed E-state index contributed by atoms with van der Waals surface area (Å²) in [4.78, 5) is 4.70. The molecule has 1 N–H and O–H groups in total. The molecule has 3 rings (SSSR count). The molecule has 18 heavy (non-hydrogen) atoms. The summed E-state index contributed by atoms with van der Waals surface area (Å²) in [6.45, 7) is 2.40. The quantitative estimate of drug-likeness (QED) is 0.920. The lowest BCUT2D eigenvalue weighted by Crippen LogP contribution is -2.34. The zero-order valence-electron chi connectivity index (χ0n) is 9.73. The minimum Gasteiger partial charge on any atom is -0.378 e. The number of rotatable bonds is 2. The molecule has 0 aliphatic carbocycles. The van der Waals surface area contributed by atoms with Crippen LogP contribution in [0.25, 0.3) is 10.6 Å². The lowest BCUT2D eigenvalue weighted by atomic mass is 10.2. The third-order valence-electron chi connectivity index (χ3n) is 2.87. The van der Waals surface area contributed by atoms with E-state index in [1.54, 1.807) is 11.3 Å². The molecule has 1 fully saturated rings. The molecule has 1 unspecified atom stereocenters. The smallest absolute Gasteiger partial charge is 0.123 e. The molecule has 0 amide bonds. The lowest BCUT2D eigenvalue weighted by Gasteiger charge is -2.21. The van der Waals surface area contributed by atoms with Crippen LogP contribution >= 0.6 is 27.3 Å². The average molecular weight is 325 g/mol. The molecule has 0 spiro atoms. The molecule has 1 aromatic carbocycles. The zero-order chi connectivity index (χ0) is 12.4. The van der Waals surface area contributed by atoms with Gasteiger partial charge in [0, 0.05) is 22.0 Å². The standard InChI is InChI=1S/C13H13BrN2OS/c14-10-3-1-2-9(6-10)13-16-12(8-18-13)11-7-17-5-4-15-11/h1-3,6,8,11,15H,4-5,7H2. The number of nitrogens with one attached hydrogen (secondary N) is 1. The maximum Gasteiger partial charge on any atom is 0.123 e. The van der Waals surface area contributed by atoms with Gasteiger partial charge in [-0.3, -0.25) is 0 Å². The molecule has 1 atom stereocenters. The molecule has 0 bridgehead atoms. The van der Waals surface area contributed by atoms with Crippen LogP contribution in [0.1, 0.15) is 11.7 Å². The summed E-state index contributed by atoms with van der Waals surface area (Å²) < 4.78 is 6.54. The fourth-order valence-electron chi connectivity index (χ4n) is 1.96. The predicted octanol–water partition coefficient (Wildman–Crippen LogP) is 3.23. The third kappa shape index (κ3) is 2.64. The van der Waals surface area contributed by atoms with Crippen molar-refractivity contribution in [2.45, 2.75) is 6.04 Å². The number of morpholine rings is 1. The van der Waals surface area contributed by atoms with Gasteiger partial charge in [-0.15, -0.1) is 11.3 Å². The minimum absolute atomic E-state index is 0.232. The summed E-state index contributed by atoms with van der Waals surface area (Å²) in [5, 5.41) is 6.59. The van der Waals surface area contributed by atoms with Crippen LogP contribution in [0.3, 0.4) is 0 Å². The van der Waals surface area contributed by atoms with Crippen LogP contribution in [-0.4, -0.2) is 24.7 Å². The molecule has 1 saturated heterocycles. The van der Waals surface area contributed by atoms with Crippen LogP contribution in [-0.2, 0) is 4.74 Å². The first-order chi connectivity index (χ1) is 8.83. The van der Waals surface area contributed by atoms with E-state index in [-0.39, 0.29) is 6.04 Å². The second-order valence-corrected chi connectivity index (χ2v) is 5.94. The van der Waals surface area contributed by atoms with E-state index in [1.165, 1.54) is 0 Å². The van der Waals surface area contributed by atoms with Gasteiger partial charge in [-0.2, -0.15) is 0 Å². The Hall–Kier alpha value is -0.750. The molecule has 3 nitrogen and oxygen atoms in total. The summed E-state index contributed by atoms with van der Waals surface area (Å²) in [6.07, 6.45) is 0. The zero-order valence-corrected chi connectivity index (χ0v) is 12.1. The topological polar surface area (TPSA) is 34.1 Å². The van der Waals surface area contributed by atoms with E-state index in [0.29, 0.717) is 6.61 Å². The largest absolute Gasteiger partial charge is 0.378 e. The Balaban J connectivity index is 1.84. The van der Waals surface area contributed by atoms with Gasteiger partial charge >= 0.3 is 0 Å². The summed E-state index contributed by atoms with van der Waals surface area (Å²) in [7, 11) is 0. The van der Waals surface area contributed by atoms with Crippen molar-refractivity contribution < 1.29 is 4.74 Å². The van der Waals surface area contributed by atoms with Crippen molar-refractivity contribution in [3.05, 3.63) is 39.8 Å². The molecule has 2 heterocycles. The van der Waals surface area contributed by atoms with Crippen LogP contribution in [0.15, 0.2) is 34.1 Å².